The number of rotatable bonds is 6. The molecule has 0 bridgehead atoms. The molecule has 1 amide bonds. The zero-order valence-electron chi connectivity index (χ0n) is 15.7. The molecule has 27 heavy (non-hydrogen) atoms. The third kappa shape index (κ3) is 4.79. The predicted molar refractivity (Wildman–Crippen MR) is 115 cm³/mol. The second-order valence-electron chi connectivity index (χ2n) is 6.62. The number of nitrogens with zero attached hydrogens (tertiary/aromatic N) is 5. The lowest BCUT2D eigenvalue weighted by molar-refractivity contribution is 0.0979. The molecular formula is C18H23Cl2N5OS. The van der Waals surface area contributed by atoms with Gasteiger partial charge in [-0.25, -0.2) is 4.98 Å². The SMILES string of the molecule is CC(C)n1ccc(C(=O)N(CCN(C)C)c2nc3c(Cl)cccc3s2)n1.Cl. The fourth-order valence-electron chi connectivity index (χ4n) is 2.48. The lowest BCUT2D eigenvalue weighted by Gasteiger charge is -2.21. The fourth-order valence-corrected chi connectivity index (χ4v) is 3.77. The Balaban J connectivity index is 0.00000261. The van der Waals surface area contributed by atoms with E-state index in [0.29, 0.717) is 22.4 Å². The minimum absolute atomic E-state index is 0. The number of benzene rings is 1. The number of aromatic nitrogens is 3. The molecule has 146 valence electrons. The summed E-state index contributed by atoms with van der Waals surface area (Å²) < 4.78 is 2.75. The molecule has 0 saturated heterocycles. The van der Waals surface area contributed by atoms with Crippen LogP contribution in [0.5, 0.6) is 0 Å². The summed E-state index contributed by atoms with van der Waals surface area (Å²) in [4.78, 5) is 21.5. The van der Waals surface area contributed by atoms with Gasteiger partial charge in [0.15, 0.2) is 10.8 Å². The van der Waals surface area contributed by atoms with Crippen LogP contribution in [-0.2, 0) is 0 Å². The topological polar surface area (TPSA) is 54.3 Å². The van der Waals surface area contributed by atoms with Crippen LogP contribution in [0.15, 0.2) is 30.5 Å². The van der Waals surface area contributed by atoms with Gasteiger partial charge in [-0.2, -0.15) is 5.10 Å². The monoisotopic (exact) mass is 427 g/mol. The molecule has 3 rings (SSSR count). The predicted octanol–water partition coefficient (Wildman–Crippen LogP) is 4.36. The van der Waals surface area contributed by atoms with Crippen LogP contribution in [0.2, 0.25) is 5.02 Å². The van der Waals surface area contributed by atoms with E-state index < -0.39 is 0 Å². The molecule has 3 aromatic rings. The lowest BCUT2D eigenvalue weighted by Crippen LogP contribution is -2.37. The van der Waals surface area contributed by atoms with Crippen molar-refractivity contribution in [2.45, 2.75) is 19.9 Å². The molecule has 0 spiro atoms. The van der Waals surface area contributed by atoms with Gasteiger partial charge in [0.25, 0.3) is 5.91 Å². The normalized spacial score (nSPS) is 11.2. The Morgan fingerprint density at radius 3 is 2.59 bits per heavy atom. The summed E-state index contributed by atoms with van der Waals surface area (Å²) in [6, 6.07) is 7.62. The van der Waals surface area contributed by atoms with Crippen LogP contribution < -0.4 is 4.90 Å². The van der Waals surface area contributed by atoms with Crippen LogP contribution in [0.1, 0.15) is 30.4 Å². The summed E-state index contributed by atoms with van der Waals surface area (Å²) in [5, 5.41) is 5.65. The second kappa shape index (κ2) is 9.01. The summed E-state index contributed by atoms with van der Waals surface area (Å²) in [6.07, 6.45) is 1.83. The molecule has 0 N–H and O–H groups in total. The molecule has 0 atom stereocenters. The third-order valence-corrected chi connectivity index (χ3v) is 5.31. The first-order valence-electron chi connectivity index (χ1n) is 8.43. The second-order valence-corrected chi connectivity index (χ2v) is 8.03. The number of halogens is 2. The average molecular weight is 428 g/mol. The number of carbonyl (C=O) groups excluding carboxylic acids is 1. The van der Waals surface area contributed by atoms with Gasteiger partial charge in [0.2, 0.25) is 0 Å². The smallest absolute Gasteiger partial charge is 0.280 e. The third-order valence-electron chi connectivity index (χ3n) is 3.96. The van der Waals surface area contributed by atoms with Gasteiger partial charge in [0, 0.05) is 25.3 Å². The Labute approximate surface area is 174 Å². The van der Waals surface area contributed by atoms with Crippen LogP contribution in [0.4, 0.5) is 5.13 Å². The lowest BCUT2D eigenvalue weighted by atomic mass is 10.3. The van der Waals surface area contributed by atoms with Crippen molar-refractivity contribution >= 4 is 56.6 Å². The van der Waals surface area contributed by atoms with Gasteiger partial charge >= 0.3 is 0 Å². The highest BCUT2D eigenvalue weighted by Gasteiger charge is 2.24. The fraction of sp³-hybridized carbons (Fsp3) is 0.389. The van der Waals surface area contributed by atoms with E-state index in [1.54, 1.807) is 15.6 Å². The van der Waals surface area contributed by atoms with Crippen molar-refractivity contribution in [2.75, 3.05) is 32.1 Å². The molecule has 9 heteroatoms. The summed E-state index contributed by atoms with van der Waals surface area (Å²) in [5.74, 6) is -0.151. The van der Waals surface area contributed by atoms with E-state index >= 15 is 0 Å². The molecule has 0 aliphatic heterocycles. The number of likely N-dealkylation sites (N-methyl/N-ethyl adjacent to an activating group) is 1. The van der Waals surface area contributed by atoms with Crippen LogP contribution in [0, 0.1) is 0 Å². The highest BCUT2D eigenvalue weighted by molar-refractivity contribution is 7.22. The van der Waals surface area contributed by atoms with Crippen LogP contribution in [-0.4, -0.2) is 52.8 Å². The Bertz CT molecular complexity index is 922. The van der Waals surface area contributed by atoms with E-state index in [2.05, 4.69) is 10.1 Å². The van der Waals surface area contributed by atoms with Crippen molar-refractivity contribution < 1.29 is 4.79 Å². The molecule has 0 aliphatic carbocycles. The standard InChI is InChI=1S/C18H22ClN5OS.ClH/c1-12(2)24-9-8-14(21-24)17(25)23(11-10-22(3)4)18-20-16-13(19)6-5-7-15(16)26-18;/h5-9,12H,10-11H2,1-4H3;1H. The highest BCUT2D eigenvalue weighted by Crippen LogP contribution is 2.33. The van der Waals surface area contributed by atoms with Gasteiger partial charge in [-0.1, -0.05) is 29.0 Å². The van der Waals surface area contributed by atoms with Gasteiger partial charge in [-0.15, -0.1) is 12.4 Å². The minimum Gasteiger partial charge on any atom is -0.308 e. The zero-order chi connectivity index (χ0) is 18.8. The highest BCUT2D eigenvalue weighted by atomic mass is 35.5. The molecule has 0 fully saturated rings. The number of amides is 1. The Morgan fingerprint density at radius 1 is 1.26 bits per heavy atom. The van der Waals surface area contributed by atoms with Crippen molar-refractivity contribution in [3.63, 3.8) is 0 Å². The quantitative estimate of drug-likeness (QED) is 0.586. The zero-order valence-corrected chi connectivity index (χ0v) is 18.1. The first-order valence-corrected chi connectivity index (χ1v) is 9.63. The first-order chi connectivity index (χ1) is 12.4. The van der Waals surface area contributed by atoms with E-state index in [-0.39, 0.29) is 24.4 Å². The molecule has 0 saturated carbocycles. The molecule has 2 aromatic heterocycles. The summed E-state index contributed by atoms with van der Waals surface area (Å²) in [7, 11) is 3.96. The summed E-state index contributed by atoms with van der Waals surface area (Å²) in [6.45, 7) is 5.30. The minimum atomic E-state index is -0.151. The van der Waals surface area contributed by atoms with Crippen molar-refractivity contribution in [3.05, 3.63) is 41.2 Å². The van der Waals surface area contributed by atoms with E-state index in [1.165, 1.54) is 11.3 Å². The molecule has 6 nitrogen and oxygen atoms in total. The number of fused-ring (bicyclic) bond motifs is 1. The molecule has 0 unspecified atom stereocenters. The van der Waals surface area contributed by atoms with Crippen LogP contribution in [0.25, 0.3) is 10.2 Å². The first kappa shape index (κ1) is 21.6. The van der Waals surface area contributed by atoms with Crippen molar-refractivity contribution in [3.8, 4) is 0 Å². The molecule has 2 heterocycles. The Kier molecular flexibility index (Phi) is 7.22. The van der Waals surface area contributed by atoms with E-state index in [4.69, 9.17) is 11.6 Å². The number of hydrogen-bond donors (Lipinski definition) is 0. The van der Waals surface area contributed by atoms with Crippen LogP contribution in [0.3, 0.4) is 0 Å². The Hall–Kier alpha value is -1.67. The van der Waals surface area contributed by atoms with Crippen molar-refractivity contribution in [2.24, 2.45) is 0 Å². The number of carbonyl (C=O) groups is 1. The van der Waals surface area contributed by atoms with Gasteiger partial charge in [0.05, 0.1) is 9.72 Å². The van der Waals surface area contributed by atoms with E-state index in [0.717, 1.165) is 16.8 Å². The number of hydrogen-bond acceptors (Lipinski definition) is 5. The molecule has 0 aliphatic rings. The van der Waals surface area contributed by atoms with Crippen molar-refractivity contribution in [1.29, 1.82) is 0 Å². The van der Waals surface area contributed by atoms with E-state index in [9.17, 15) is 4.79 Å². The number of thiazole rings is 1. The average Bonchev–Trinajstić information content (AvgIpc) is 3.22. The number of para-hydroxylation sites is 1. The maximum Gasteiger partial charge on any atom is 0.280 e. The Morgan fingerprint density at radius 2 is 2.00 bits per heavy atom. The largest absolute Gasteiger partial charge is 0.308 e. The van der Waals surface area contributed by atoms with Crippen LogP contribution >= 0.6 is 35.3 Å². The van der Waals surface area contributed by atoms with Gasteiger partial charge in [-0.3, -0.25) is 14.4 Å². The molecular weight excluding hydrogens is 405 g/mol. The summed E-state index contributed by atoms with van der Waals surface area (Å²) >= 11 is 7.72. The maximum absolute atomic E-state index is 13.1. The van der Waals surface area contributed by atoms with Gasteiger partial charge < -0.3 is 4.90 Å². The maximum atomic E-state index is 13.1. The summed E-state index contributed by atoms with van der Waals surface area (Å²) in [5.41, 5.74) is 1.15. The van der Waals surface area contributed by atoms with Gasteiger partial charge in [-0.05, 0) is 46.1 Å². The molecule has 1 aromatic carbocycles. The molecule has 0 radical (unpaired) electrons. The van der Waals surface area contributed by atoms with E-state index in [1.807, 2.05) is 57.2 Å². The van der Waals surface area contributed by atoms with Gasteiger partial charge in [0.1, 0.15) is 5.52 Å². The van der Waals surface area contributed by atoms with Crippen molar-refractivity contribution in [1.82, 2.24) is 19.7 Å². The number of anilines is 1.